The van der Waals surface area contributed by atoms with E-state index in [1.165, 1.54) is 28.2 Å². The monoisotopic (exact) mass is 421 g/mol. The van der Waals surface area contributed by atoms with Crippen molar-refractivity contribution in [2.24, 2.45) is 12.0 Å². The Morgan fingerprint density at radius 1 is 1.50 bits per heavy atom. The molecule has 1 aliphatic rings. The molecule has 122 valence electrons. The van der Waals surface area contributed by atoms with Crippen molar-refractivity contribution in [3.63, 3.8) is 0 Å². The molecule has 0 bridgehead atoms. The summed E-state index contributed by atoms with van der Waals surface area (Å²) in [6.45, 7) is 1.95. The molecule has 1 atom stereocenters. The van der Waals surface area contributed by atoms with E-state index in [-0.39, 0.29) is 11.6 Å². The fraction of sp³-hybridized carbons (Fsp3) is 0.267. The first-order valence-electron chi connectivity index (χ1n) is 6.99. The summed E-state index contributed by atoms with van der Waals surface area (Å²) in [7, 11) is 1.64. The van der Waals surface area contributed by atoms with E-state index < -0.39 is 0 Å². The van der Waals surface area contributed by atoms with Crippen LogP contribution in [0.25, 0.3) is 0 Å². The van der Waals surface area contributed by atoms with Crippen molar-refractivity contribution in [2.45, 2.75) is 23.6 Å². The van der Waals surface area contributed by atoms with Crippen LogP contribution >= 0.6 is 39.5 Å². The molecule has 1 aliphatic heterocycles. The lowest BCUT2D eigenvalue weighted by Gasteiger charge is -2.19. The number of pyridine rings is 1. The number of hydrogen-bond donors (Lipinski definition) is 0. The molecule has 1 unspecified atom stereocenters. The van der Waals surface area contributed by atoms with Crippen LogP contribution in [0.4, 0.5) is 0 Å². The number of nitrogens with zero attached hydrogens (tertiary/aromatic N) is 5. The Hall–Kier alpha value is -1.63. The molecule has 0 aliphatic carbocycles. The van der Waals surface area contributed by atoms with Crippen LogP contribution in [-0.2, 0) is 12.8 Å². The first-order chi connectivity index (χ1) is 11.5. The molecule has 0 saturated carbocycles. The summed E-state index contributed by atoms with van der Waals surface area (Å²) < 4.78 is 2.78. The van der Waals surface area contributed by atoms with Gasteiger partial charge in [-0.15, -0.1) is 0 Å². The minimum Gasteiger partial charge on any atom is -0.267 e. The average molecular weight is 422 g/mol. The third-order valence-electron chi connectivity index (χ3n) is 3.46. The van der Waals surface area contributed by atoms with Crippen molar-refractivity contribution in [1.82, 2.24) is 14.8 Å². The lowest BCUT2D eigenvalue weighted by molar-refractivity contribution is 0.657. The van der Waals surface area contributed by atoms with Crippen molar-refractivity contribution >= 4 is 43.8 Å². The Kier molecular flexibility index (Phi) is 5.08. The van der Waals surface area contributed by atoms with E-state index in [4.69, 9.17) is 0 Å². The fourth-order valence-electron chi connectivity index (χ4n) is 2.16. The van der Waals surface area contributed by atoms with Gasteiger partial charge in [-0.2, -0.15) is 10.4 Å². The third kappa shape index (κ3) is 3.41. The average Bonchev–Trinajstić information content (AvgIpc) is 2.57. The second-order valence-electron chi connectivity index (χ2n) is 5.07. The van der Waals surface area contributed by atoms with E-state index in [1.807, 2.05) is 19.1 Å². The molecule has 3 heterocycles. The SMILES string of the molecule is CC1N=C(SCc2ccc(Br)nc2C#N)Sc2c1cnn(C)c2=O. The van der Waals surface area contributed by atoms with Gasteiger partial charge in [-0.25, -0.2) is 9.67 Å². The number of rotatable bonds is 2. The summed E-state index contributed by atoms with van der Waals surface area (Å²) in [5, 5.41) is 13.2. The second-order valence-corrected chi connectivity index (χ2v) is 8.11. The molecular formula is C15H12BrN5OS2. The van der Waals surface area contributed by atoms with Crippen LogP contribution in [0.3, 0.4) is 0 Å². The lowest BCUT2D eigenvalue weighted by atomic mass is 10.2. The summed E-state index contributed by atoms with van der Waals surface area (Å²) in [5.41, 5.74) is 1.98. The van der Waals surface area contributed by atoms with Crippen molar-refractivity contribution < 1.29 is 0 Å². The topological polar surface area (TPSA) is 83.9 Å². The van der Waals surface area contributed by atoms with Crippen LogP contribution in [-0.4, -0.2) is 19.1 Å². The van der Waals surface area contributed by atoms with E-state index in [0.717, 1.165) is 15.5 Å². The zero-order chi connectivity index (χ0) is 17.3. The number of nitriles is 1. The minimum atomic E-state index is -0.111. The van der Waals surface area contributed by atoms with Gasteiger partial charge in [0.05, 0.1) is 17.1 Å². The van der Waals surface area contributed by atoms with Gasteiger partial charge >= 0.3 is 0 Å². The molecule has 0 N–H and O–H groups in total. The standard InChI is InChI=1S/C15H12BrN5OS2/c1-8-10-6-18-21(2)14(22)13(10)24-15(19-8)23-7-9-3-4-12(16)20-11(9)5-17/h3-4,6,8H,7H2,1-2H3. The van der Waals surface area contributed by atoms with Gasteiger partial charge in [0, 0.05) is 18.4 Å². The number of halogens is 1. The number of thioether (sulfide) groups is 2. The van der Waals surface area contributed by atoms with Crippen LogP contribution in [0.1, 0.15) is 29.8 Å². The Labute approximate surface area is 155 Å². The van der Waals surface area contributed by atoms with Crippen molar-refractivity contribution in [3.05, 3.63) is 50.1 Å². The minimum absolute atomic E-state index is 0.108. The highest BCUT2D eigenvalue weighted by Crippen LogP contribution is 2.37. The van der Waals surface area contributed by atoms with Crippen LogP contribution in [0, 0.1) is 11.3 Å². The van der Waals surface area contributed by atoms with Gasteiger partial charge in [-0.3, -0.25) is 9.79 Å². The number of aryl methyl sites for hydroxylation is 1. The van der Waals surface area contributed by atoms with Crippen molar-refractivity contribution in [2.75, 3.05) is 0 Å². The van der Waals surface area contributed by atoms with Gasteiger partial charge < -0.3 is 0 Å². The highest BCUT2D eigenvalue weighted by molar-refractivity contribution is 9.10. The lowest BCUT2D eigenvalue weighted by Crippen LogP contribution is -2.24. The number of fused-ring (bicyclic) bond motifs is 1. The molecule has 0 radical (unpaired) electrons. The Morgan fingerprint density at radius 2 is 2.29 bits per heavy atom. The maximum atomic E-state index is 12.3. The molecule has 3 rings (SSSR count). The van der Waals surface area contributed by atoms with Gasteiger partial charge in [-0.05, 0) is 34.5 Å². The van der Waals surface area contributed by atoms with E-state index in [1.54, 1.807) is 13.2 Å². The highest BCUT2D eigenvalue weighted by atomic mass is 79.9. The molecule has 6 nitrogen and oxygen atoms in total. The Bertz CT molecular complexity index is 934. The molecule has 0 aromatic carbocycles. The molecule has 0 fully saturated rings. The number of aromatic nitrogens is 3. The largest absolute Gasteiger partial charge is 0.280 e. The summed E-state index contributed by atoms with van der Waals surface area (Å²) in [6.07, 6.45) is 1.70. The zero-order valence-electron chi connectivity index (χ0n) is 12.9. The number of hydrogen-bond acceptors (Lipinski definition) is 7. The molecular weight excluding hydrogens is 410 g/mol. The summed E-state index contributed by atoms with van der Waals surface area (Å²) in [6, 6.07) is 5.68. The summed E-state index contributed by atoms with van der Waals surface area (Å²) >= 11 is 6.14. The van der Waals surface area contributed by atoms with Gasteiger partial charge in [0.25, 0.3) is 5.56 Å². The number of aliphatic imine (C=N–C) groups is 1. The van der Waals surface area contributed by atoms with Crippen LogP contribution in [0.15, 0.2) is 37.6 Å². The quantitative estimate of drug-likeness (QED) is 0.691. The van der Waals surface area contributed by atoms with Gasteiger partial charge in [0.2, 0.25) is 0 Å². The third-order valence-corrected chi connectivity index (χ3v) is 6.21. The van der Waals surface area contributed by atoms with E-state index in [9.17, 15) is 10.1 Å². The molecule has 24 heavy (non-hydrogen) atoms. The first-order valence-corrected chi connectivity index (χ1v) is 9.59. The second kappa shape index (κ2) is 7.09. The zero-order valence-corrected chi connectivity index (χ0v) is 16.1. The maximum Gasteiger partial charge on any atom is 0.280 e. The van der Waals surface area contributed by atoms with Crippen molar-refractivity contribution in [1.29, 1.82) is 5.26 Å². The Morgan fingerprint density at radius 3 is 3.04 bits per heavy atom. The maximum absolute atomic E-state index is 12.3. The molecule has 2 aromatic rings. The normalized spacial score (nSPS) is 16.2. The van der Waals surface area contributed by atoms with Crippen LogP contribution in [0.5, 0.6) is 0 Å². The van der Waals surface area contributed by atoms with Gasteiger partial charge in [-0.1, -0.05) is 29.6 Å². The smallest absolute Gasteiger partial charge is 0.267 e. The molecule has 2 aromatic heterocycles. The van der Waals surface area contributed by atoms with E-state index in [0.29, 0.717) is 20.9 Å². The molecule has 9 heteroatoms. The molecule has 0 amide bonds. The predicted molar refractivity (Wildman–Crippen MR) is 99.1 cm³/mol. The van der Waals surface area contributed by atoms with E-state index in [2.05, 4.69) is 37.1 Å². The summed E-state index contributed by atoms with van der Waals surface area (Å²) in [5.74, 6) is 0.572. The first kappa shape index (κ1) is 17.2. The highest BCUT2D eigenvalue weighted by Gasteiger charge is 2.23. The summed E-state index contributed by atoms with van der Waals surface area (Å²) in [4.78, 5) is 21.7. The molecule has 0 spiro atoms. The van der Waals surface area contributed by atoms with Gasteiger partial charge in [0.1, 0.15) is 20.7 Å². The van der Waals surface area contributed by atoms with Crippen molar-refractivity contribution in [3.8, 4) is 6.07 Å². The molecule has 0 saturated heterocycles. The predicted octanol–water partition coefficient (Wildman–Crippen LogP) is 3.27. The van der Waals surface area contributed by atoms with Gasteiger partial charge in [0.15, 0.2) is 0 Å². The Balaban J connectivity index is 1.82. The van der Waals surface area contributed by atoms with Crippen LogP contribution < -0.4 is 5.56 Å². The fourth-order valence-corrected chi connectivity index (χ4v) is 4.82. The van der Waals surface area contributed by atoms with Crippen LogP contribution in [0.2, 0.25) is 0 Å². The van der Waals surface area contributed by atoms with E-state index >= 15 is 0 Å².